The molecule has 0 amide bonds. The number of esters is 4. The molecule has 32 nitrogen and oxygen atoms in total. The fourth-order valence-electron chi connectivity index (χ4n) is 10.8. The largest absolute Gasteiger partial charge is 1.00 e. The van der Waals surface area contributed by atoms with Crippen molar-refractivity contribution in [3.05, 3.63) is 104 Å². The van der Waals surface area contributed by atoms with Crippen molar-refractivity contribution >= 4 is 86.6 Å². The van der Waals surface area contributed by atoms with Crippen molar-refractivity contribution in [2.45, 2.75) is 227 Å². The zero-order valence-electron chi connectivity index (χ0n) is 73.5. The van der Waals surface area contributed by atoms with E-state index in [9.17, 15) is 113 Å². The van der Waals surface area contributed by atoms with Crippen LogP contribution in [0.1, 0.15) is 206 Å². The Morgan fingerprint density at radius 1 is 0.566 bits per heavy atom. The summed E-state index contributed by atoms with van der Waals surface area (Å²) in [5.74, 6) is -6.98. The number of carbonyl (C=O) groups is 4. The molecule has 702 valence electrons. The fraction of sp³-hybridized carbons (Fsp3) is 0.545. The van der Waals surface area contributed by atoms with Crippen LogP contribution >= 0.6 is 11.6 Å². The third kappa shape index (κ3) is 28.8. The molecule has 2 unspecified atom stereocenters. The molecule has 0 radical (unpaired) electrons. The third-order valence-corrected chi connectivity index (χ3v) is 16.8. The molecule has 1 aliphatic carbocycles. The molecular formula is C77H90ClF18N22NaO10. The van der Waals surface area contributed by atoms with E-state index in [0.29, 0.717) is 12.2 Å². The number of nitriles is 3. The predicted octanol–water partition coefficient (Wildman–Crippen LogP) is 12.9. The van der Waals surface area contributed by atoms with Gasteiger partial charge in [-0.15, -0.1) is 0 Å². The van der Waals surface area contributed by atoms with Crippen molar-refractivity contribution in [2.75, 3.05) is 46.3 Å². The second kappa shape index (κ2) is 43.0. The van der Waals surface area contributed by atoms with E-state index < -0.39 is 157 Å². The van der Waals surface area contributed by atoms with E-state index in [1.54, 1.807) is 154 Å². The molecule has 9 aromatic rings. The number of hydrogen-bond donors (Lipinski definition) is 2. The van der Waals surface area contributed by atoms with Crippen molar-refractivity contribution in [3.8, 4) is 29.5 Å². The Kier molecular flexibility index (Phi) is 37.3. The minimum absolute atomic E-state index is 0. The molecule has 129 heavy (non-hydrogen) atoms. The fourth-order valence-corrected chi connectivity index (χ4v) is 11.1. The van der Waals surface area contributed by atoms with Gasteiger partial charge in [-0.05, 0) is 162 Å². The quantitative estimate of drug-likeness (QED) is 0.0206. The molecular weight excluding hydrogens is 1790 g/mol. The summed E-state index contributed by atoms with van der Waals surface area (Å²) in [6.45, 7) is 31.6. The van der Waals surface area contributed by atoms with Gasteiger partial charge in [0.2, 0.25) is 0 Å². The molecule has 0 aliphatic heterocycles. The molecule has 0 bridgehead atoms. The number of carbonyl (C=O) groups excluding carboxylic acids is 4. The van der Waals surface area contributed by atoms with Gasteiger partial charge in [0.15, 0.2) is 51.2 Å². The monoisotopic (exact) mass is 1880 g/mol. The van der Waals surface area contributed by atoms with Gasteiger partial charge in [-0.3, -0.25) is 14.4 Å². The Balaban J connectivity index is 0.000000396. The first-order valence-electron chi connectivity index (χ1n) is 37.7. The van der Waals surface area contributed by atoms with Crippen LogP contribution in [-0.2, 0) is 92.5 Å². The summed E-state index contributed by atoms with van der Waals surface area (Å²) in [5.41, 5.74) is -5.03. The minimum atomic E-state index is -5.12. The van der Waals surface area contributed by atoms with Crippen LogP contribution in [0.15, 0.2) is 53.0 Å². The Morgan fingerprint density at radius 2 is 0.961 bits per heavy atom. The number of rotatable bonds is 13. The van der Waals surface area contributed by atoms with E-state index in [0.717, 1.165) is 51.2 Å². The Labute approximate surface area is 751 Å². The van der Waals surface area contributed by atoms with Gasteiger partial charge in [0, 0.05) is 19.7 Å². The molecule has 1 aromatic carbocycles. The van der Waals surface area contributed by atoms with Gasteiger partial charge in [0.05, 0.1) is 107 Å². The summed E-state index contributed by atoms with van der Waals surface area (Å²) in [4.78, 5) is 83.3. The third-order valence-electron chi connectivity index (χ3n) is 16.5. The van der Waals surface area contributed by atoms with Crippen LogP contribution in [0.4, 0.5) is 90.7 Å². The number of halogens is 19. The smallest absolute Gasteiger partial charge is 0.844 e. The van der Waals surface area contributed by atoms with E-state index in [1.165, 1.54) is 42.8 Å². The summed E-state index contributed by atoms with van der Waals surface area (Å²) < 4.78 is 256. The number of ether oxygens (including phenoxy) is 4. The van der Waals surface area contributed by atoms with Crippen LogP contribution in [0, 0.1) is 39.9 Å². The first-order chi connectivity index (χ1) is 58.3. The maximum absolute atomic E-state index is 13.8. The van der Waals surface area contributed by atoms with Crippen LogP contribution in [0.25, 0.3) is 44.4 Å². The molecule has 8 aromatic heterocycles. The second-order valence-corrected chi connectivity index (χ2v) is 32.6. The normalized spacial score (nSPS) is 13.5. The zero-order valence-corrected chi connectivity index (χ0v) is 76.3. The summed E-state index contributed by atoms with van der Waals surface area (Å²) in [5, 5.41) is 52.9. The number of alkyl halides is 18. The first-order valence-corrected chi connectivity index (χ1v) is 38.1. The molecule has 3 N–H and O–H groups in total. The molecule has 1 fully saturated rings. The number of hydrogen-bond acceptors (Lipinski definition) is 25. The van der Waals surface area contributed by atoms with Crippen LogP contribution in [0.3, 0.4) is 0 Å². The number of nitrogens with two attached hydrogens (primary N) is 1. The Hall–Kier alpha value is -11.3. The van der Waals surface area contributed by atoms with Crippen LogP contribution in [0.5, 0.6) is 0 Å². The van der Waals surface area contributed by atoms with E-state index in [1.807, 2.05) is 6.07 Å². The van der Waals surface area contributed by atoms with Crippen LogP contribution in [0.2, 0.25) is 5.15 Å². The summed E-state index contributed by atoms with van der Waals surface area (Å²) in [6.07, 6.45) is -25.8. The SMILES string of the molecule is CC(C)(C)n1nc(C(F)(F)F)c2c(-c3cccc(C4(C#N)CC4)c3)ncnc21.CC(C)(C)n1nc(C(F)(F)F)c2c(=O)[nH]cnc21.CC(C)(C)n1nc(C(F)(F)F)c2c(Cl)ncnc21.CCOC(=O)C(C#N)C([O-])C(F)(F)F.CCOC(=O)CC#N.CCOC(=O)c1c(C(F)(F)F)nn(C(C)(C)C)c1N.CCOC(=O)c1c(C(F)(F)F)nn(C(C)(C)C)c1N=CN(C)C.[Na+]. The van der Waals surface area contributed by atoms with E-state index in [4.69, 9.17) is 32.6 Å². The zero-order chi connectivity index (χ0) is 98.5. The molecule has 0 saturated heterocycles. The van der Waals surface area contributed by atoms with Crippen molar-refractivity contribution in [1.29, 1.82) is 15.8 Å². The van der Waals surface area contributed by atoms with Gasteiger partial charge in [-0.25, -0.2) is 62.9 Å². The maximum atomic E-state index is 13.8. The van der Waals surface area contributed by atoms with Gasteiger partial charge in [0.25, 0.3) is 5.56 Å². The topological polar surface area (TPSA) is 428 Å². The minimum Gasteiger partial charge on any atom is -0.844 e. The maximum Gasteiger partial charge on any atom is 1.00 e. The molecule has 2 atom stereocenters. The van der Waals surface area contributed by atoms with Crippen LogP contribution < -0.4 is 46.0 Å². The number of nitrogens with one attached hydrogen (secondary N) is 1. The number of aliphatic imine (C=N–C) groups is 1. The Morgan fingerprint density at radius 3 is 1.36 bits per heavy atom. The Bertz CT molecular complexity index is 5630. The predicted molar refractivity (Wildman–Crippen MR) is 421 cm³/mol. The second-order valence-electron chi connectivity index (χ2n) is 32.2. The standard InChI is InChI=1S/C20H18F3N5.C14H21F3N4O2.C11H16F3N3O2.C10H10ClF3N4.C10H11F3N4O.C7H7F3NO3.C5H7NO2.Na/c1-18(2,3)28-17-14(16(27-28)20(21,22)23)15(25-11-26-17)12-5-4-6-13(9-12)19(10-24)7-8-19;1-7-23-12(22)9-10(14(15,16)17)19-21(13(2,3)4)11(9)18-8-20(5)6;1-5-19-9(18)6-7(11(12,13)14)16-17(8(6)15)10(2,3)4;1-9(2,3)18-8-5(7(11)15-4-16-8)6(17-18)10(12,13)14;1-9(2,3)17-7-5(8(18)15-4-14-7)6(16-17)10(11,12)13;1-2-14-6(13)4(3-11)5(12)7(8,9)10;1-2-8-5(7)3-4-6;/h4-6,9,11H,7-8H2,1-3H3;8H,7H2,1-6H3;5,15H2,1-4H3;4H,1-3H3;4H,1-3H3,(H,14,15,18);4-5H,2H2,1H3;2-3H2,1H3;/q;;;;;-1;;+1. The van der Waals surface area contributed by atoms with E-state index >= 15 is 0 Å². The summed E-state index contributed by atoms with van der Waals surface area (Å²) in [7, 11) is 3.33. The van der Waals surface area contributed by atoms with Gasteiger partial charge >= 0.3 is 90.5 Å². The number of benzene rings is 1. The van der Waals surface area contributed by atoms with Crippen molar-refractivity contribution in [3.63, 3.8) is 0 Å². The molecule has 10 rings (SSSR count). The van der Waals surface area contributed by atoms with Crippen molar-refractivity contribution in [2.24, 2.45) is 10.9 Å². The van der Waals surface area contributed by atoms with Crippen molar-refractivity contribution in [1.82, 2.24) is 83.7 Å². The molecule has 1 aliphatic rings. The number of aromatic amines is 1. The average Bonchev–Trinajstić information content (AvgIpc) is 1.59. The average molecular weight is 1880 g/mol. The van der Waals surface area contributed by atoms with Gasteiger partial charge in [-0.2, -0.15) is 120 Å². The number of aromatic nitrogens is 16. The number of anilines is 1. The van der Waals surface area contributed by atoms with Gasteiger partial charge < -0.3 is 39.7 Å². The summed E-state index contributed by atoms with van der Waals surface area (Å²) in [6, 6.07) is 12.0. The number of H-pyrrole nitrogens is 1. The summed E-state index contributed by atoms with van der Waals surface area (Å²) >= 11 is 5.73. The first kappa shape index (κ1) is 112. The van der Waals surface area contributed by atoms with E-state index in [-0.39, 0.29) is 106 Å². The van der Waals surface area contributed by atoms with E-state index in [2.05, 4.69) is 80.7 Å². The molecule has 52 heteroatoms. The number of nitrogen functional groups attached to an aromatic ring is 1. The van der Waals surface area contributed by atoms with Crippen molar-refractivity contribution < 1.29 is 152 Å². The number of nitrogens with zero attached hydrogens (tertiary/aromatic N) is 20. The van der Waals surface area contributed by atoms with Crippen LogP contribution in [-0.4, -0.2) is 167 Å². The molecule has 1 saturated carbocycles. The molecule has 8 heterocycles. The molecule has 0 spiro atoms. The number of fused-ring (bicyclic) bond motifs is 3. The van der Waals surface area contributed by atoms with Gasteiger partial charge in [0.1, 0.15) is 52.5 Å². The van der Waals surface area contributed by atoms with Gasteiger partial charge in [-0.1, -0.05) is 29.8 Å².